The van der Waals surface area contributed by atoms with Crippen molar-refractivity contribution in [2.75, 3.05) is 74.6 Å². The number of carbonyl (C=O) groups is 4. The molecule has 19 heteroatoms. The number of para-hydroxylation sites is 1. The fraction of sp³-hybridized carbons (Fsp3) is 0.409. The second-order valence-corrected chi connectivity index (χ2v) is 18.9. The van der Waals surface area contributed by atoms with Gasteiger partial charge >= 0.3 is 0 Å². The normalized spacial score (nSPS) is 21.3. The molecule has 0 radical (unpaired) electrons. The van der Waals surface area contributed by atoms with E-state index in [2.05, 4.69) is 35.0 Å². The number of carbonyl (C=O) groups excluding carboxylic acids is 4. The van der Waals surface area contributed by atoms with Gasteiger partial charge in [0.2, 0.25) is 11.8 Å². The van der Waals surface area contributed by atoms with Crippen molar-refractivity contribution in [3.05, 3.63) is 83.7 Å². The maximum Gasteiger partial charge on any atom is 0.266 e. The lowest BCUT2D eigenvalue weighted by molar-refractivity contribution is -0.136. The van der Waals surface area contributed by atoms with Crippen molar-refractivity contribution < 1.29 is 41.6 Å². The van der Waals surface area contributed by atoms with Crippen molar-refractivity contribution >= 4 is 61.8 Å². The number of sulfonamides is 1. The average Bonchev–Trinajstić information content (AvgIpc) is 4.08. The average molecular weight is 878 g/mol. The van der Waals surface area contributed by atoms with Crippen LogP contribution in [-0.4, -0.2) is 123 Å². The number of ether oxygens (including phenoxy) is 2. The molecule has 2 atom stereocenters. The predicted molar refractivity (Wildman–Crippen MR) is 229 cm³/mol. The Morgan fingerprint density at radius 1 is 0.921 bits per heavy atom. The van der Waals surface area contributed by atoms with Crippen LogP contribution in [-0.2, 0) is 26.2 Å². The van der Waals surface area contributed by atoms with E-state index in [9.17, 15) is 27.6 Å². The minimum atomic E-state index is -4.18. The number of amides is 4. The van der Waals surface area contributed by atoms with Gasteiger partial charge in [-0.05, 0) is 98.8 Å². The zero-order valence-electron chi connectivity index (χ0n) is 34.9. The third-order valence-corrected chi connectivity index (χ3v) is 14.7. The highest BCUT2D eigenvalue weighted by atomic mass is 32.2. The summed E-state index contributed by atoms with van der Waals surface area (Å²) in [5, 5.41) is 11.0. The van der Waals surface area contributed by atoms with Crippen molar-refractivity contribution in [3.8, 4) is 11.5 Å². The van der Waals surface area contributed by atoms with E-state index in [-0.39, 0.29) is 40.3 Å². The van der Waals surface area contributed by atoms with Gasteiger partial charge in [0.15, 0.2) is 17.2 Å². The van der Waals surface area contributed by atoms with Crippen LogP contribution in [0.5, 0.6) is 11.5 Å². The van der Waals surface area contributed by atoms with Crippen LogP contribution in [0.15, 0.2) is 76.4 Å². The number of nitrogens with zero attached hydrogens (tertiary/aromatic N) is 7. The monoisotopic (exact) mass is 877 g/mol. The smallest absolute Gasteiger partial charge is 0.266 e. The van der Waals surface area contributed by atoms with E-state index in [0.717, 1.165) is 81.2 Å². The first kappa shape index (κ1) is 40.6. The molecule has 4 saturated heterocycles. The molecule has 5 aromatic rings. The van der Waals surface area contributed by atoms with Crippen LogP contribution < -0.4 is 29.3 Å². The van der Waals surface area contributed by atoms with E-state index in [4.69, 9.17) is 14.0 Å². The number of fused-ring (bicyclic) bond motifs is 2. The second-order valence-electron chi connectivity index (χ2n) is 17.3. The number of hydrogen-bond donors (Lipinski definition) is 2. The molecule has 5 aliphatic heterocycles. The number of piperidine rings is 2. The molecule has 7 heterocycles. The van der Waals surface area contributed by atoms with E-state index < -0.39 is 39.7 Å². The number of methoxy groups -OCH3 is 2. The van der Waals surface area contributed by atoms with Gasteiger partial charge in [0.05, 0.1) is 37.6 Å². The third kappa shape index (κ3) is 7.31. The van der Waals surface area contributed by atoms with Gasteiger partial charge in [-0.3, -0.25) is 38.8 Å². The van der Waals surface area contributed by atoms with Gasteiger partial charge in [-0.2, -0.15) is 5.10 Å². The first-order chi connectivity index (χ1) is 30.4. The molecule has 4 amide bonds. The first-order valence-electron chi connectivity index (χ1n) is 21.1. The van der Waals surface area contributed by atoms with Crippen LogP contribution in [0.2, 0.25) is 0 Å². The Balaban J connectivity index is 0.747. The van der Waals surface area contributed by atoms with Gasteiger partial charge in [0, 0.05) is 62.6 Å². The van der Waals surface area contributed by atoms with Gasteiger partial charge in [0.1, 0.15) is 22.1 Å². The van der Waals surface area contributed by atoms with E-state index in [1.54, 1.807) is 35.1 Å². The molecule has 328 valence electrons. The minimum absolute atomic E-state index is 0.0107. The third-order valence-electron chi connectivity index (χ3n) is 13.3. The molecule has 18 nitrogen and oxygen atoms in total. The van der Waals surface area contributed by atoms with Crippen molar-refractivity contribution in [2.24, 2.45) is 11.3 Å². The molecule has 0 saturated carbocycles. The topological polar surface area (TPSA) is 202 Å². The van der Waals surface area contributed by atoms with Gasteiger partial charge in [-0.1, -0.05) is 11.2 Å². The lowest BCUT2D eigenvalue weighted by atomic mass is 9.71. The standard InChI is InChI=1S/C44H47N9O9S/c1-60-34-19-28(24-52-15-4-14-45-52)20-35-38(34)40(47-62-35)48-63(58,59)36-6-3-5-32(39(36)61-2)51-25-44(26-51)12-17-49(18-13-44)22-27-11-16-50(23-27)29-7-8-30-31(21-29)43(57)53(42(30)56)33-9-10-37(54)46-41(33)55/h3-8,14-15,19-21,27,33H,9-13,16-18,22-26H2,1-2H3,(H,47,48)(H,46,54,55)/t27-,33?/m0/s1. The molecule has 63 heavy (non-hydrogen) atoms. The molecule has 3 aromatic carbocycles. The maximum atomic E-state index is 14.0. The summed E-state index contributed by atoms with van der Waals surface area (Å²) in [6.07, 6.45) is 6.79. The Hall–Kier alpha value is -6.47. The molecule has 4 fully saturated rings. The van der Waals surface area contributed by atoms with Gasteiger partial charge < -0.3 is 28.7 Å². The lowest BCUT2D eigenvalue weighted by Gasteiger charge is -2.55. The lowest BCUT2D eigenvalue weighted by Crippen LogP contribution is -2.60. The molecule has 0 aliphatic carbocycles. The Labute approximate surface area is 363 Å². The molecule has 0 bridgehead atoms. The van der Waals surface area contributed by atoms with E-state index >= 15 is 0 Å². The zero-order valence-corrected chi connectivity index (χ0v) is 35.7. The summed E-state index contributed by atoms with van der Waals surface area (Å²) < 4.78 is 49.4. The molecule has 10 rings (SSSR count). The summed E-state index contributed by atoms with van der Waals surface area (Å²) >= 11 is 0. The van der Waals surface area contributed by atoms with Crippen LogP contribution in [0.1, 0.15) is 58.4 Å². The minimum Gasteiger partial charge on any atom is -0.496 e. The highest BCUT2D eigenvalue weighted by Gasteiger charge is 2.47. The summed E-state index contributed by atoms with van der Waals surface area (Å²) in [5.74, 6) is -0.903. The Morgan fingerprint density at radius 3 is 2.48 bits per heavy atom. The number of likely N-dealkylation sites (tertiary alicyclic amines) is 1. The maximum absolute atomic E-state index is 14.0. The number of aromatic nitrogens is 3. The van der Waals surface area contributed by atoms with E-state index in [0.29, 0.717) is 40.4 Å². The highest BCUT2D eigenvalue weighted by molar-refractivity contribution is 7.92. The quantitative estimate of drug-likeness (QED) is 0.172. The summed E-state index contributed by atoms with van der Waals surface area (Å²) in [5.41, 5.74) is 3.50. The molecule has 1 unspecified atom stereocenters. The zero-order chi connectivity index (χ0) is 43.6. The SMILES string of the molecule is COc1c(N2CC3(CCN(C[C@@H]4CCN(c5ccc6c(c5)C(=O)N(C5CCC(=O)NC5=O)C6=O)C4)CC3)C2)cccc1S(=O)(=O)Nc1noc2cc(Cn3cccn3)cc(OC)c12. The first-order valence-corrected chi connectivity index (χ1v) is 22.6. The van der Waals surface area contributed by atoms with Crippen LogP contribution in [0.4, 0.5) is 17.2 Å². The number of imide groups is 2. The second kappa shape index (κ2) is 15.7. The van der Waals surface area contributed by atoms with Crippen molar-refractivity contribution in [3.63, 3.8) is 0 Å². The largest absolute Gasteiger partial charge is 0.496 e. The molecule has 1 spiro atoms. The predicted octanol–water partition coefficient (Wildman–Crippen LogP) is 3.72. The van der Waals surface area contributed by atoms with Gasteiger partial charge in [-0.25, -0.2) is 8.42 Å². The molecule has 2 N–H and O–H groups in total. The van der Waals surface area contributed by atoms with E-state index in [1.807, 2.05) is 30.5 Å². The summed E-state index contributed by atoms with van der Waals surface area (Å²) in [6.45, 7) is 6.59. The Kier molecular flexibility index (Phi) is 10.1. The number of hydrogen-bond acceptors (Lipinski definition) is 14. The summed E-state index contributed by atoms with van der Waals surface area (Å²) in [7, 11) is -1.19. The van der Waals surface area contributed by atoms with Crippen LogP contribution in [0.3, 0.4) is 0 Å². The molecule has 5 aliphatic rings. The Bertz CT molecular complexity index is 2760. The number of nitrogens with one attached hydrogen (secondary N) is 2. The Morgan fingerprint density at radius 2 is 1.73 bits per heavy atom. The van der Waals surface area contributed by atoms with Gasteiger partial charge in [0.25, 0.3) is 21.8 Å². The van der Waals surface area contributed by atoms with Crippen LogP contribution >= 0.6 is 0 Å². The van der Waals surface area contributed by atoms with Crippen molar-refractivity contribution in [1.29, 1.82) is 0 Å². The van der Waals surface area contributed by atoms with Crippen LogP contribution in [0.25, 0.3) is 11.0 Å². The number of anilines is 3. The number of benzene rings is 3. The summed E-state index contributed by atoms with van der Waals surface area (Å²) in [6, 6.07) is 14.9. The molecular formula is C44H47N9O9S. The number of rotatable bonds is 12. The molecular weight excluding hydrogens is 831 g/mol. The summed E-state index contributed by atoms with van der Waals surface area (Å²) in [4.78, 5) is 58.7. The fourth-order valence-corrected chi connectivity index (χ4v) is 11.2. The van der Waals surface area contributed by atoms with Crippen molar-refractivity contribution in [1.82, 2.24) is 30.1 Å². The van der Waals surface area contributed by atoms with Crippen molar-refractivity contribution in [2.45, 2.75) is 49.6 Å². The molecule has 2 aromatic heterocycles. The fourth-order valence-electron chi connectivity index (χ4n) is 10.0. The van der Waals surface area contributed by atoms with Crippen LogP contribution in [0, 0.1) is 11.3 Å². The van der Waals surface area contributed by atoms with E-state index in [1.165, 1.54) is 20.3 Å². The highest BCUT2D eigenvalue weighted by Crippen LogP contribution is 2.47. The van der Waals surface area contributed by atoms with Gasteiger partial charge in [-0.15, -0.1) is 0 Å².